The molecular weight excluding hydrogens is 293 g/mol. The van der Waals surface area contributed by atoms with Crippen LogP contribution in [0.3, 0.4) is 0 Å². The molecule has 4 nitrogen and oxygen atoms in total. The third-order valence-corrected chi connectivity index (χ3v) is 6.08. The molecule has 116 valence electrons. The van der Waals surface area contributed by atoms with Gasteiger partial charge >= 0.3 is 0 Å². The van der Waals surface area contributed by atoms with E-state index in [1.165, 1.54) is 28.6 Å². The van der Waals surface area contributed by atoms with Crippen LogP contribution in [-0.2, 0) is 10.0 Å². The van der Waals surface area contributed by atoms with Gasteiger partial charge in [0.05, 0.1) is 5.25 Å². The molecule has 1 aromatic carbocycles. The molecule has 1 aliphatic heterocycles. The second-order valence-corrected chi connectivity index (χ2v) is 8.15. The molecule has 0 aromatic heterocycles. The van der Waals surface area contributed by atoms with Gasteiger partial charge in [-0.05, 0) is 51.0 Å². The number of Topliss-reactive ketones (excluding diaryl/α,β-unsaturated/α-hetero) is 1. The molecule has 0 bridgehead atoms. The van der Waals surface area contributed by atoms with Crippen molar-refractivity contribution in [3.05, 3.63) is 35.6 Å². The van der Waals surface area contributed by atoms with Crippen molar-refractivity contribution in [1.29, 1.82) is 0 Å². The number of carbonyl (C=O) groups is 1. The summed E-state index contributed by atoms with van der Waals surface area (Å²) in [6, 6.07) is 5.40. The van der Waals surface area contributed by atoms with Crippen molar-refractivity contribution in [3.8, 4) is 0 Å². The Balaban J connectivity index is 2.14. The maximum atomic E-state index is 12.9. The Morgan fingerprint density at radius 2 is 1.90 bits per heavy atom. The van der Waals surface area contributed by atoms with Gasteiger partial charge < -0.3 is 0 Å². The van der Waals surface area contributed by atoms with Crippen molar-refractivity contribution in [1.82, 2.24) is 4.31 Å². The fraction of sp³-hybridized carbons (Fsp3) is 0.533. The molecule has 0 amide bonds. The van der Waals surface area contributed by atoms with Crippen LogP contribution in [0.1, 0.15) is 37.0 Å². The van der Waals surface area contributed by atoms with E-state index in [4.69, 9.17) is 0 Å². The van der Waals surface area contributed by atoms with Crippen molar-refractivity contribution >= 4 is 15.8 Å². The summed E-state index contributed by atoms with van der Waals surface area (Å²) in [4.78, 5) is 12.4. The molecule has 0 N–H and O–H groups in total. The van der Waals surface area contributed by atoms with Crippen LogP contribution in [0.25, 0.3) is 0 Å². The molecule has 1 aromatic rings. The summed E-state index contributed by atoms with van der Waals surface area (Å²) < 4.78 is 38.7. The van der Waals surface area contributed by atoms with Gasteiger partial charge in [-0.2, -0.15) is 0 Å². The first kappa shape index (κ1) is 16.1. The number of sulfonamides is 1. The SMILES string of the molecule is CC(C)S(=O)(=O)N1CCC[C@H](C(=O)c2ccc(F)cc2)C1. The van der Waals surface area contributed by atoms with Crippen molar-refractivity contribution < 1.29 is 17.6 Å². The third-order valence-electron chi connectivity index (χ3n) is 3.84. The maximum Gasteiger partial charge on any atom is 0.216 e. The number of ketones is 1. The first-order valence-corrected chi connectivity index (χ1v) is 8.61. The Kier molecular flexibility index (Phi) is 4.78. The lowest BCUT2D eigenvalue weighted by Gasteiger charge is -2.32. The molecule has 2 rings (SSSR count). The fourth-order valence-electron chi connectivity index (χ4n) is 2.54. The highest BCUT2D eigenvalue weighted by Crippen LogP contribution is 2.24. The van der Waals surface area contributed by atoms with Gasteiger partial charge in [-0.15, -0.1) is 0 Å². The summed E-state index contributed by atoms with van der Waals surface area (Å²) >= 11 is 0. The van der Waals surface area contributed by atoms with Gasteiger partial charge in [0, 0.05) is 24.6 Å². The Bertz CT molecular complexity index is 610. The second-order valence-electron chi connectivity index (χ2n) is 5.66. The maximum absolute atomic E-state index is 12.9. The summed E-state index contributed by atoms with van der Waals surface area (Å²) in [5, 5.41) is -0.489. The largest absolute Gasteiger partial charge is 0.294 e. The number of piperidine rings is 1. The van der Waals surface area contributed by atoms with Crippen LogP contribution < -0.4 is 0 Å². The van der Waals surface area contributed by atoms with Crippen molar-refractivity contribution in [3.63, 3.8) is 0 Å². The zero-order chi connectivity index (χ0) is 15.6. The van der Waals surface area contributed by atoms with Gasteiger partial charge in [-0.1, -0.05) is 0 Å². The van der Waals surface area contributed by atoms with Crippen molar-refractivity contribution in [2.75, 3.05) is 13.1 Å². The van der Waals surface area contributed by atoms with Crippen LogP contribution in [0.4, 0.5) is 4.39 Å². The standard InChI is InChI=1S/C15H20FNO3S/c1-11(2)21(19,20)17-9-3-4-13(10-17)15(18)12-5-7-14(16)8-6-12/h5-8,11,13H,3-4,9-10H2,1-2H3/t13-/m0/s1. The van der Waals surface area contributed by atoms with Crippen LogP contribution >= 0.6 is 0 Å². The van der Waals surface area contributed by atoms with Gasteiger partial charge in [0.25, 0.3) is 0 Å². The van der Waals surface area contributed by atoms with Gasteiger partial charge in [-0.25, -0.2) is 17.1 Å². The Labute approximate surface area is 125 Å². The molecule has 1 atom stereocenters. The van der Waals surface area contributed by atoms with E-state index in [1.54, 1.807) is 13.8 Å². The van der Waals surface area contributed by atoms with Crippen LogP contribution in [0.2, 0.25) is 0 Å². The molecule has 6 heteroatoms. The minimum Gasteiger partial charge on any atom is -0.294 e. The highest BCUT2D eigenvalue weighted by atomic mass is 32.2. The van der Waals surface area contributed by atoms with E-state index in [2.05, 4.69) is 0 Å². The monoisotopic (exact) mass is 313 g/mol. The first-order chi connectivity index (χ1) is 9.82. The molecule has 0 spiro atoms. The van der Waals surface area contributed by atoms with E-state index in [0.29, 0.717) is 24.9 Å². The molecule has 1 saturated heterocycles. The summed E-state index contributed by atoms with van der Waals surface area (Å²) in [5.41, 5.74) is 0.435. The molecule has 0 saturated carbocycles. The van der Waals surface area contributed by atoms with Gasteiger partial charge in [0.15, 0.2) is 5.78 Å². The van der Waals surface area contributed by atoms with Crippen LogP contribution in [0.15, 0.2) is 24.3 Å². The average molecular weight is 313 g/mol. The van der Waals surface area contributed by atoms with Gasteiger partial charge in [0.1, 0.15) is 5.82 Å². The molecule has 0 radical (unpaired) electrons. The smallest absolute Gasteiger partial charge is 0.216 e. The van der Waals surface area contributed by atoms with Crippen molar-refractivity contribution in [2.45, 2.75) is 31.9 Å². The first-order valence-electron chi connectivity index (χ1n) is 7.11. The second kappa shape index (κ2) is 6.23. The lowest BCUT2D eigenvalue weighted by Crippen LogP contribution is -2.45. The van der Waals surface area contributed by atoms with Crippen LogP contribution in [0.5, 0.6) is 0 Å². The molecule has 1 fully saturated rings. The van der Waals surface area contributed by atoms with Crippen LogP contribution in [0, 0.1) is 11.7 Å². The number of benzene rings is 1. The predicted octanol–water partition coefficient (Wildman–Crippen LogP) is 2.46. The van der Waals surface area contributed by atoms with E-state index < -0.39 is 15.3 Å². The number of hydrogen-bond acceptors (Lipinski definition) is 3. The topological polar surface area (TPSA) is 54.5 Å². The quantitative estimate of drug-likeness (QED) is 0.802. The lowest BCUT2D eigenvalue weighted by molar-refractivity contribution is 0.0872. The summed E-state index contributed by atoms with van der Waals surface area (Å²) in [6.45, 7) is 3.96. The number of hydrogen-bond donors (Lipinski definition) is 0. The van der Waals surface area contributed by atoms with E-state index in [-0.39, 0.29) is 24.1 Å². The minimum absolute atomic E-state index is 0.112. The molecule has 1 aliphatic rings. The van der Waals surface area contributed by atoms with E-state index >= 15 is 0 Å². The highest BCUT2D eigenvalue weighted by molar-refractivity contribution is 7.89. The van der Waals surface area contributed by atoms with Crippen LogP contribution in [-0.4, -0.2) is 36.8 Å². The average Bonchev–Trinajstić information content (AvgIpc) is 2.47. The number of halogens is 1. The van der Waals surface area contributed by atoms with Crippen molar-refractivity contribution in [2.24, 2.45) is 5.92 Å². The Morgan fingerprint density at radius 3 is 2.48 bits per heavy atom. The molecule has 21 heavy (non-hydrogen) atoms. The lowest BCUT2D eigenvalue weighted by atomic mass is 9.91. The molecule has 0 unspecified atom stereocenters. The normalized spacial score (nSPS) is 20.7. The van der Waals surface area contributed by atoms with E-state index in [9.17, 15) is 17.6 Å². The predicted molar refractivity (Wildman–Crippen MR) is 79.1 cm³/mol. The number of rotatable bonds is 4. The van der Waals surface area contributed by atoms with E-state index in [0.717, 1.165) is 0 Å². The number of nitrogens with zero attached hydrogens (tertiary/aromatic N) is 1. The fourth-order valence-corrected chi connectivity index (χ4v) is 3.90. The van der Waals surface area contributed by atoms with Gasteiger partial charge in [0.2, 0.25) is 10.0 Å². The summed E-state index contributed by atoms with van der Waals surface area (Å²) in [7, 11) is -3.33. The highest BCUT2D eigenvalue weighted by Gasteiger charge is 2.34. The summed E-state index contributed by atoms with van der Waals surface area (Å²) in [6.07, 6.45) is 1.34. The Morgan fingerprint density at radius 1 is 1.29 bits per heavy atom. The van der Waals surface area contributed by atoms with E-state index in [1.807, 2.05) is 0 Å². The third kappa shape index (κ3) is 3.49. The molecule has 0 aliphatic carbocycles. The Hall–Kier alpha value is -1.27. The molecule has 1 heterocycles. The minimum atomic E-state index is -3.33. The zero-order valence-corrected chi connectivity index (χ0v) is 13.1. The summed E-state index contributed by atoms with van der Waals surface area (Å²) in [5.74, 6) is -0.851. The molecular formula is C15H20FNO3S. The zero-order valence-electron chi connectivity index (χ0n) is 12.3. The number of carbonyl (C=O) groups excluding carboxylic acids is 1. The van der Waals surface area contributed by atoms with Gasteiger partial charge in [-0.3, -0.25) is 4.79 Å².